The van der Waals surface area contributed by atoms with Crippen molar-refractivity contribution in [1.29, 1.82) is 0 Å². The van der Waals surface area contributed by atoms with E-state index in [9.17, 15) is 13.2 Å². The smallest absolute Gasteiger partial charge is 0.229 e. The number of aromatic nitrogens is 2. The molecule has 1 aromatic heterocycles. The second-order valence-electron chi connectivity index (χ2n) is 4.35. The first-order chi connectivity index (χ1) is 7.21. The molecule has 16 heavy (non-hydrogen) atoms. The van der Waals surface area contributed by atoms with Gasteiger partial charge >= 0.3 is 6.18 Å². The molecule has 0 aliphatic heterocycles. The summed E-state index contributed by atoms with van der Waals surface area (Å²) < 4.78 is 37.6. The van der Waals surface area contributed by atoms with E-state index < -0.39 is 12.0 Å². The first-order valence-electron chi connectivity index (χ1n) is 5.18. The van der Waals surface area contributed by atoms with Gasteiger partial charge < -0.3 is 0 Å². The Morgan fingerprint density at radius 1 is 0.938 bits per heavy atom. The van der Waals surface area contributed by atoms with Crippen molar-refractivity contribution in [3.05, 3.63) is 23.3 Å². The summed E-state index contributed by atoms with van der Waals surface area (Å²) in [4.78, 5) is 7.10. The Balaban J connectivity index is 3.30. The van der Waals surface area contributed by atoms with Gasteiger partial charge in [0, 0.05) is 11.4 Å². The topological polar surface area (TPSA) is 25.8 Å². The number of rotatable bonds is 2. The van der Waals surface area contributed by atoms with Gasteiger partial charge in [0.05, 0.1) is 0 Å². The Morgan fingerprint density at radius 2 is 1.31 bits per heavy atom. The fraction of sp³-hybridized carbons (Fsp3) is 0.636. The van der Waals surface area contributed by atoms with E-state index in [4.69, 9.17) is 0 Å². The molecule has 0 N–H and O–H groups in total. The monoisotopic (exact) mass is 232 g/mol. The zero-order chi connectivity index (χ0) is 12.5. The van der Waals surface area contributed by atoms with Crippen LogP contribution in [-0.4, -0.2) is 9.97 Å². The molecule has 1 aromatic rings. The van der Waals surface area contributed by atoms with Gasteiger partial charge in [-0.3, -0.25) is 0 Å². The maximum atomic E-state index is 12.5. The molecule has 0 aliphatic rings. The number of alkyl halides is 3. The predicted octanol–water partition coefficient (Wildman–Crippen LogP) is 3.74. The van der Waals surface area contributed by atoms with E-state index in [1.165, 1.54) is 0 Å². The molecule has 90 valence electrons. The lowest BCUT2D eigenvalue weighted by molar-refractivity contribution is -0.145. The van der Waals surface area contributed by atoms with E-state index in [1.54, 1.807) is 6.07 Å². The van der Waals surface area contributed by atoms with Gasteiger partial charge in [-0.25, -0.2) is 9.97 Å². The summed E-state index contributed by atoms with van der Waals surface area (Å²) in [6.45, 7) is 7.25. The van der Waals surface area contributed by atoms with Gasteiger partial charge in [0.25, 0.3) is 0 Å². The van der Waals surface area contributed by atoms with Gasteiger partial charge in [0.2, 0.25) is 5.82 Å². The summed E-state index contributed by atoms with van der Waals surface area (Å²) >= 11 is 0. The molecule has 0 fully saturated rings. The quantitative estimate of drug-likeness (QED) is 0.776. The lowest BCUT2D eigenvalue weighted by Gasteiger charge is -2.13. The summed E-state index contributed by atoms with van der Waals surface area (Å²) in [5, 5.41) is 0. The number of hydrogen-bond acceptors (Lipinski definition) is 2. The molecule has 0 aliphatic carbocycles. The van der Waals surface area contributed by atoms with Crippen molar-refractivity contribution < 1.29 is 13.2 Å². The lowest BCUT2D eigenvalue weighted by Crippen LogP contribution is -2.15. The fourth-order valence-electron chi connectivity index (χ4n) is 1.20. The minimum absolute atomic E-state index is 0.0402. The molecule has 0 unspecified atom stereocenters. The van der Waals surface area contributed by atoms with Crippen molar-refractivity contribution in [3.63, 3.8) is 0 Å². The molecular weight excluding hydrogens is 217 g/mol. The summed E-state index contributed by atoms with van der Waals surface area (Å²) in [7, 11) is 0. The molecule has 1 rings (SSSR count). The van der Waals surface area contributed by atoms with Crippen LogP contribution in [-0.2, 0) is 6.18 Å². The highest BCUT2D eigenvalue weighted by atomic mass is 19.4. The van der Waals surface area contributed by atoms with Crippen molar-refractivity contribution in [2.24, 2.45) is 0 Å². The average molecular weight is 232 g/mol. The van der Waals surface area contributed by atoms with E-state index in [0.717, 1.165) is 0 Å². The third kappa shape index (κ3) is 2.93. The molecule has 0 bridgehead atoms. The molecule has 2 nitrogen and oxygen atoms in total. The molecule has 0 spiro atoms. The van der Waals surface area contributed by atoms with Crippen molar-refractivity contribution in [1.82, 2.24) is 9.97 Å². The molecule has 0 aromatic carbocycles. The maximum absolute atomic E-state index is 12.5. The third-order valence-electron chi connectivity index (χ3n) is 2.20. The van der Waals surface area contributed by atoms with Gasteiger partial charge in [-0.15, -0.1) is 0 Å². The zero-order valence-corrected chi connectivity index (χ0v) is 9.76. The largest absolute Gasteiger partial charge is 0.451 e. The van der Waals surface area contributed by atoms with Crippen LogP contribution in [0.3, 0.4) is 0 Å². The standard InChI is InChI=1S/C11H15F3N2/c1-6(2)8-5-9(7(3)4)16-10(15-8)11(12,13)14/h5-7H,1-4H3. The highest BCUT2D eigenvalue weighted by molar-refractivity contribution is 5.17. The minimum Gasteiger partial charge on any atom is -0.229 e. The highest BCUT2D eigenvalue weighted by Crippen LogP contribution is 2.29. The summed E-state index contributed by atoms with van der Waals surface area (Å²) in [5.74, 6) is -1.12. The van der Waals surface area contributed by atoms with Crippen LogP contribution >= 0.6 is 0 Å². The zero-order valence-electron chi connectivity index (χ0n) is 9.76. The van der Waals surface area contributed by atoms with Crippen LogP contribution in [0, 0.1) is 0 Å². The van der Waals surface area contributed by atoms with Crippen molar-refractivity contribution in [2.75, 3.05) is 0 Å². The number of halogens is 3. The van der Waals surface area contributed by atoms with Crippen LogP contribution in [0.2, 0.25) is 0 Å². The van der Waals surface area contributed by atoms with Gasteiger partial charge in [-0.05, 0) is 17.9 Å². The molecule has 0 amide bonds. The molecule has 0 atom stereocenters. The van der Waals surface area contributed by atoms with Crippen LogP contribution in [0.4, 0.5) is 13.2 Å². The Kier molecular flexibility index (Phi) is 3.55. The Hall–Kier alpha value is -1.13. The van der Waals surface area contributed by atoms with Gasteiger partial charge in [-0.2, -0.15) is 13.2 Å². The van der Waals surface area contributed by atoms with Crippen molar-refractivity contribution in [3.8, 4) is 0 Å². The summed E-state index contributed by atoms with van der Waals surface area (Å²) in [6, 6.07) is 1.64. The molecule has 1 heterocycles. The van der Waals surface area contributed by atoms with Crippen LogP contribution in [0.25, 0.3) is 0 Å². The third-order valence-corrected chi connectivity index (χ3v) is 2.20. The Labute approximate surface area is 92.9 Å². The first kappa shape index (κ1) is 12.9. The van der Waals surface area contributed by atoms with E-state index in [2.05, 4.69) is 9.97 Å². The molecule has 0 saturated heterocycles. The van der Waals surface area contributed by atoms with E-state index in [0.29, 0.717) is 11.4 Å². The van der Waals surface area contributed by atoms with Gasteiger partial charge in [0.1, 0.15) is 0 Å². The minimum atomic E-state index is -4.48. The molecule has 0 radical (unpaired) electrons. The molecule has 5 heteroatoms. The lowest BCUT2D eigenvalue weighted by atomic mass is 10.0. The van der Waals surface area contributed by atoms with Crippen molar-refractivity contribution in [2.45, 2.75) is 45.7 Å². The van der Waals surface area contributed by atoms with E-state index >= 15 is 0 Å². The van der Waals surface area contributed by atoms with Gasteiger partial charge in [-0.1, -0.05) is 27.7 Å². The highest BCUT2D eigenvalue weighted by Gasteiger charge is 2.35. The number of hydrogen-bond donors (Lipinski definition) is 0. The summed E-state index contributed by atoms with van der Waals surface area (Å²) in [5.41, 5.74) is 0.872. The number of nitrogens with zero attached hydrogens (tertiary/aromatic N) is 2. The van der Waals surface area contributed by atoms with E-state index in [1.807, 2.05) is 27.7 Å². The average Bonchev–Trinajstić information content (AvgIpc) is 2.15. The normalized spacial score (nSPS) is 12.6. The van der Waals surface area contributed by atoms with Crippen LogP contribution in [0.1, 0.15) is 56.7 Å². The first-order valence-corrected chi connectivity index (χ1v) is 5.18. The SMILES string of the molecule is CC(C)c1cc(C(C)C)nc(C(F)(F)F)n1. The second-order valence-corrected chi connectivity index (χ2v) is 4.35. The molecule has 0 saturated carbocycles. The fourth-order valence-corrected chi connectivity index (χ4v) is 1.20. The van der Waals surface area contributed by atoms with Crippen LogP contribution < -0.4 is 0 Å². The van der Waals surface area contributed by atoms with E-state index in [-0.39, 0.29) is 11.8 Å². The van der Waals surface area contributed by atoms with Gasteiger partial charge in [0.15, 0.2) is 0 Å². The predicted molar refractivity (Wildman–Crippen MR) is 55.2 cm³/mol. The Morgan fingerprint density at radius 3 is 1.56 bits per heavy atom. The second kappa shape index (κ2) is 4.39. The molecular formula is C11H15F3N2. The van der Waals surface area contributed by atoms with Crippen molar-refractivity contribution >= 4 is 0 Å². The van der Waals surface area contributed by atoms with Crippen LogP contribution in [0.5, 0.6) is 0 Å². The maximum Gasteiger partial charge on any atom is 0.451 e. The van der Waals surface area contributed by atoms with Crippen LogP contribution in [0.15, 0.2) is 6.07 Å². The summed E-state index contributed by atoms with van der Waals surface area (Å²) in [6.07, 6.45) is -4.48. The Bertz CT molecular complexity index is 344.